The minimum absolute atomic E-state index is 0.126. The summed E-state index contributed by atoms with van der Waals surface area (Å²) in [5.41, 5.74) is 3.02. The molecule has 2 aromatic carbocycles. The summed E-state index contributed by atoms with van der Waals surface area (Å²) < 4.78 is 11.2. The van der Waals surface area contributed by atoms with Crippen LogP contribution in [0.25, 0.3) is 22.4 Å². The molecule has 2 heterocycles. The summed E-state index contributed by atoms with van der Waals surface area (Å²) in [4.78, 5) is 4.71. The lowest BCUT2D eigenvalue weighted by atomic mass is 10.0. The Balaban J connectivity index is 1.88. The van der Waals surface area contributed by atoms with E-state index in [0.717, 1.165) is 29.1 Å². The number of hydrogen-bond acceptors (Lipinski definition) is 5. The zero-order chi connectivity index (χ0) is 19.7. The van der Waals surface area contributed by atoms with Gasteiger partial charge in [-0.25, -0.2) is 4.98 Å². The summed E-state index contributed by atoms with van der Waals surface area (Å²) >= 11 is 6.16. The third kappa shape index (κ3) is 3.58. The molecule has 0 saturated heterocycles. The maximum Gasteiger partial charge on any atom is 0.231 e. The van der Waals surface area contributed by atoms with Gasteiger partial charge in [0.25, 0.3) is 0 Å². The van der Waals surface area contributed by atoms with Crippen LogP contribution in [0.2, 0.25) is 5.02 Å². The number of fused-ring (bicyclic) bond motifs is 1. The van der Waals surface area contributed by atoms with Gasteiger partial charge in [0.1, 0.15) is 11.6 Å². The molecular formula is C22H21ClN2O3. The van der Waals surface area contributed by atoms with Gasteiger partial charge in [-0.05, 0) is 55.3 Å². The molecule has 1 unspecified atom stereocenters. The van der Waals surface area contributed by atoms with Crippen molar-refractivity contribution in [3.05, 3.63) is 53.6 Å². The number of benzene rings is 2. The molecule has 0 radical (unpaired) electrons. The predicted molar refractivity (Wildman–Crippen MR) is 111 cm³/mol. The number of ether oxygens (including phenoxy) is 2. The zero-order valence-corrected chi connectivity index (χ0v) is 16.5. The Bertz CT molecular complexity index is 1020. The zero-order valence-electron chi connectivity index (χ0n) is 15.7. The lowest BCUT2D eigenvalue weighted by molar-refractivity contribution is 0.174. The standard InChI is InChI=1S/C22H21ClN2O3/c1-3-13(2)24-21-10-14(16-5-4-6-20-22(16)28-12-27-20)9-18(25-21)17-11-15(23)7-8-19(17)26/h4-11,13,26H,3,12H2,1-2H3,(H,24,25). The second-order valence-corrected chi connectivity index (χ2v) is 7.22. The van der Waals surface area contributed by atoms with Gasteiger partial charge in [0.15, 0.2) is 11.5 Å². The van der Waals surface area contributed by atoms with Crippen LogP contribution in [0.15, 0.2) is 48.5 Å². The van der Waals surface area contributed by atoms with Crippen molar-refractivity contribution in [2.24, 2.45) is 0 Å². The number of pyridine rings is 1. The van der Waals surface area contributed by atoms with Gasteiger partial charge in [0, 0.05) is 22.2 Å². The number of nitrogens with zero attached hydrogens (tertiary/aromatic N) is 1. The number of phenols is 1. The van der Waals surface area contributed by atoms with Crippen LogP contribution in [0, 0.1) is 0 Å². The van der Waals surface area contributed by atoms with Crippen molar-refractivity contribution >= 4 is 17.4 Å². The highest BCUT2D eigenvalue weighted by Gasteiger charge is 2.20. The van der Waals surface area contributed by atoms with Crippen LogP contribution in [0.1, 0.15) is 20.3 Å². The van der Waals surface area contributed by atoms with Crippen LogP contribution in [0.3, 0.4) is 0 Å². The SMILES string of the molecule is CCC(C)Nc1cc(-c2cccc3c2OCO3)cc(-c2cc(Cl)ccc2O)n1. The first-order valence-electron chi connectivity index (χ1n) is 9.21. The Morgan fingerprint density at radius 2 is 2.00 bits per heavy atom. The van der Waals surface area contributed by atoms with Crippen LogP contribution in [0.5, 0.6) is 17.2 Å². The number of phenolic OH excluding ortho intramolecular Hbond substituents is 1. The molecule has 0 aliphatic carbocycles. The smallest absolute Gasteiger partial charge is 0.231 e. The maximum absolute atomic E-state index is 10.4. The highest BCUT2D eigenvalue weighted by Crippen LogP contribution is 2.43. The molecule has 4 rings (SSSR count). The van der Waals surface area contributed by atoms with Crippen molar-refractivity contribution in [2.75, 3.05) is 12.1 Å². The second-order valence-electron chi connectivity index (χ2n) is 6.78. The van der Waals surface area contributed by atoms with Crippen LogP contribution < -0.4 is 14.8 Å². The Morgan fingerprint density at radius 1 is 1.14 bits per heavy atom. The molecule has 1 aliphatic rings. The predicted octanol–water partition coefficient (Wildman–Crippen LogP) is 5.71. The van der Waals surface area contributed by atoms with E-state index in [1.807, 2.05) is 30.3 Å². The summed E-state index contributed by atoms with van der Waals surface area (Å²) in [6.07, 6.45) is 0.960. The van der Waals surface area contributed by atoms with E-state index in [9.17, 15) is 5.11 Å². The molecule has 0 bridgehead atoms. The molecule has 5 nitrogen and oxygen atoms in total. The number of nitrogens with one attached hydrogen (secondary N) is 1. The van der Waals surface area contributed by atoms with E-state index >= 15 is 0 Å². The van der Waals surface area contributed by atoms with Gasteiger partial charge in [0.05, 0.1) is 5.69 Å². The molecule has 0 saturated carbocycles. The molecule has 0 amide bonds. The third-order valence-electron chi connectivity index (χ3n) is 4.77. The van der Waals surface area contributed by atoms with E-state index in [1.165, 1.54) is 0 Å². The number of aromatic nitrogens is 1. The fourth-order valence-electron chi connectivity index (χ4n) is 3.12. The van der Waals surface area contributed by atoms with Crippen molar-refractivity contribution in [1.29, 1.82) is 0 Å². The van der Waals surface area contributed by atoms with Gasteiger partial charge in [-0.2, -0.15) is 0 Å². The number of halogens is 1. The van der Waals surface area contributed by atoms with E-state index in [4.69, 9.17) is 26.1 Å². The van der Waals surface area contributed by atoms with E-state index < -0.39 is 0 Å². The minimum Gasteiger partial charge on any atom is -0.507 e. The van der Waals surface area contributed by atoms with Gasteiger partial charge in [-0.1, -0.05) is 30.7 Å². The maximum atomic E-state index is 10.4. The van der Waals surface area contributed by atoms with Crippen LogP contribution in [-0.2, 0) is 0 Å². The first-order valence-corrected chi connectivity index (χ1v) is 9.59. The van der Waals surface area contributed by atoms with E-state index in [1.54, 1.807) is 18.2 Å². The molecule has 2 N–H and O–H groups in total. The summed E-state index contributed by atoms with van der Waals surface area (Å²) in [7, 11) is 0. The Kier molecular flexibility index (Phi) is 5.01. The number of aromatic hydroxyl groups is 1. The van der Waals surface area contributed by atoms with Crippen molar-refractivity contribution < 1.29 is 14.6 Å². The summed E-state index contributed by atoms with van der Waals surface area (Å²) in [5, 5.41) is 14.3. The number of hydrogen-bond donors (Lipinski definition) is 2. The molecule has 0 fully saturated rings. The highest BCUT2D eigenvalue weighted by atomic mass is 35.5. The lowest BCUT2D eigenvalue weighted by Gasteiger charge is -2.16. The van der Waals surface area contributed by atoms with Crippen LogP contribution in [-0.4, -0.2) is 22.9 Å². The molecule has 0 spiro atoms. The summed E-state index contributed by atoms with van der Waals surface area (Å²) in [6, 6.07) is 14.9. The van der Waals surface area contributed by atoms with Crippen LogP contribution >= 0.6 is 11.6 Å². The Labute approximate surface area is 168 Å². The van der Waals surface area contributed by atoms with Crippen molar-refractivity contribution in [2.45, 2.75) is 26.3 Å². The average Bonchev–Trinajstić information content (AvgIpc) is 3.18. The molecule has 28 heavy (non-hydrogen) atoms. The quantitative estimate of drug-likeness (QED) is 0.578. The van der Waals surface area contributed by atoms with Crippen LogP contribution in [0.4, 0.5) is 5.82 Å². The molecule has 1 aromatic heterocycles. The van der Waals surface area contributed by atoms with Crippen molar-refractivity contribution in [3.63, 3.8) is 0 Å². The Hall–Kier alpha value is -2.92. The minimum atomic E-state index is 0.126. The van der Waals surface area contributed by atoms with Gasteiger partial charge >= 0.3 is 0 Å². The van der Waals surface area contributed by atoms with Crippen molar-refractivity contribution in [1.82, 2.24) is 4.98 Å². The molecule has 3 aromatic rings. The normalized spacial score (nSPS) is 13.4. The topological polar surface area (TPSA) is 63.6 Å². The Morgan fingerprint density at radius 3 is 2.82 bits per heavy atom. The lowest BCUT2D eigenvalue weighted by Crippen LogP contribution is -2.14. The number of rotatable bonds is 5. The molecule has 1 atom stereocenters. The summed E-state index contributed by atoms with van der Waals surface area (Å²) in [6.45, 7) is 4.42. The van der Waals surface area contributed by atoms with Gasteiger partial charge < -0.3 is 19.9 Å². The van der Waals surface area contributed by atoms with Gasteiger partial charge in [-0.15, -0.1) is 0 Å². The first kappa shape index (κ1) is 18.4. The van der Waals surface area contributed by atoms with Gasteiger partial charge in [0.2, 0.25) is 6.79 Å². The first-order chi connectivity index (χ1) is 13.5. The second kappa shape index (κ2) is 7.60. The van der Waals surface area contributed by atoms with E-state index in [0.29, 0.717) is 22.0 Å². The van der Waals surface area contributed by atoms with Gasteiger partial charge in [-0.3, -0.25) is 0 Å². The van der Waals surface area contributed by atoms with E-state index in [2.05, 4.69) is 19.2 Å². The molecule has 144 valence electrons. The largest absolute Gasteiger partial charge is 0.507 e. The average molecular weight is 397 g/mol. The highest BCUT2D eigenvalue weighted by molar-refractivity contribution is 6.31. The molecule has 6 heteroatoms. The molecule has 1 aliphatic heterocycles. The van der Waals surface area contributed by atoms with E-state index in [-0.39, 0.29) is 18.6 Å². The molecular weight excluding hydrogens is 376 g/mol. The fraction of sp³-hybridized carbons (Fsp3) is 0.227. The summed E-state index contributed by atoms with van der Waals surface area (Å²) in [5.74, 6) is 2.28. The fourth-order valence-corrected chi connectivity index (χ4v) is 3.30. The third-order valence-corrected chi connectivity index (χ3v) is 5.01. The number of para-hydroxylation sites is 1. The monoisotopic (exact) mass is 396 g/mol. The van der Waals surface area contributed by atoms with Crippen molar-refractivity contribution in [3.8, 4) is 39.6 Å². The number of anilines is 1.